The zero-order chi connectivity index (χ0) is 11.5. The number of aromatic nitrogens is 4. The maximum absolute atomic E-state index is 11.8. The molecule has 1 atom stereocenters. The van der Waals surface area contributed by atoms with E-state index in [4.69, 9.17) is 0 Å². The molecule has 0 aliphatic heterocycles. The van der Waals surface area contributed by atoms with Crippen LogP contribution in [0.2, 0.25) is 0 Å². The summed E-state index contributed by atoms with van der Waals surface area (Å²) in [6.45, 7) is 3.62. The maximum Gasteiger partial charge on any atom is 0.265 e. The Morgan fingerprint density at radius 3 is 2.81 bits per heavy atom. The number of hydrogen-bond acceptors (Lipinski definition) is 7. The van der Waals surface area contributed by atoms with Crippen LogP contribution in [0.5, 0.6) is 0 Å². The molecule has 1 N–H and O–H groups in total. The van der Waals surface area contributed by atoms with Gasteiger partial charge in [-0.05, 0) is 36.9 Å². The first-order valence-electron chi connectivity index (χ1n) is 4.55. The Labute approximate surface area is 100 Å². The molecule has 16 heavy (non-hydrogen) atoms. The number of nitrogens with zero attached hydrogens (tertiary/aromatic N) is 4. The fourth-order valence-electron chi connectivity index (χ4n) is 1.14. The predicted octanol–water partition coefficient (Wildman–Crippen LogP) is 1.19. The normalized spacial score (nSPS) is 12.4. The van der Waals surface area contributed by atoms with E-state index in [1.54, 1.807) is 6.92 Å². The van der Waals surface area contributed by atoms with Gasteiger partial charge in [0.05, 0.1) is 17.4 Å². The Kier molecular flexibility index (Phi) is 3.20. The third-order valence-corrected chi connectivity index (χ3v) is 3.38. The van der Waals surface area contributed by atoms with Crippen LogP contribution in [-0.2, 0) is 0 Å². The van der Waals surface area contributed by atoms with E-state index >= 15 is 0 Å². The molecule has 0 spiro atoms. The molecule has 84 valence electrons. The molecule has 0 aliphatic carbocycles. The van der Waals surface area contributed by atoms with Crippen molar-refractivity contribution in [2.75, 3.05) is 0 Å². The molecule has 8 heteroatoms. The molecule has 0 radical (unpaired) electrons. The number of nitrogens with one attached hydrogen (secondary N) is 1. The highest BCUT2D eigenvalue weighted by atomic mass is 32.1. The number of carbonyl (C=O) groups is 1. The van der Waals surface area contributed by atoms with Gasteiger partial charge in [0.15, 0.2) is 0 Å². The molecule has 0 bridgehead atoms. The fourth-order valence-corrected chi connectivity index (χ4v) is 2.24. The summed E-state index contributed by atoms with van der Waals surface area (Å²) in [6, 6.07) is -0.159. The second-order valence-electron chi connectivity index (χ2n) is 3.21. The lowest BCUT2D eigenvalue weighted by molar-refractivity contribution is 0.0942. The van der Waals surface area contributed by atoms with Gasteiger partial charge < -0.3 is 5.32 Å². The summed E-state index contributed by atoms with van der Waals surface area (Å²) >= 11 is 2.35. The third kappa shape index (κ3) is 2.22. The Morgan fingerprint density at radius 2 is 2.25 bits per heavy atom. The molecule has 0 saturated heterocycles. The monoisotopic (exact) mass is 255 g/mol. The van der Waals surface area contributed by atoms with Gasteiger partial charge in [-0.2, -0.15) is 0 Å². The Hall–Kier alpha value is -1.41. The minimum absolute atomic E-state index is 0.159. The lowest BCUT2D eigenvalue weighted by Gasteiger charge is -2.09. The van der Waals surface area contributed by atoms with Crippen LogP contribution in [0.1, 0.15) is 34.0 Å². The molecule has 0 fully saturated rings. The predicted molar refractivity (Wildman–Crippen MR) is 60.4 cm³/mol. The molecule has 0 aliphatic rings. The van der Waals surface area contributed by atoms with Gasteiger partial charge in [0.2, 0.25) is 0 Å². The summed E-state index contributed by atoms with van der Waals surface area (Å²) < 4.78 is 7.47. The van der Waals surface area contributed by atoms with E-state index in [1.807, 2.05) is 12.3 Å². The average Bonchev–Trinajstić information content (AvgIpc) is 2.86. The van der Waals surface area contributed by atoms with Gasteiger partial charge in [0, 0.05) is 5.38 Å². The summed E-state index contributed by atoms with van der Waals surface area (Å²) in [6.07, 6.45) is 0. The van der Waals surface area contributed by atoms with Crippen molar-refractivity contribution < 1.29 is 4.79 Å². The zero-order valence-corrected chi connectivity index (χ0v) is 10.3. The van der Waals surface area contributed by atoms with Gasteiger partial charge in [-0.1, -0.05) is 8.98 Å². The molecule has 2 aromatic rings. The SMILES string of the molecule is Cc1nnsc1C(=O)NC(C)c1csnn1. The van der Waals surface area contributed by atoms with Crippen molar-refractivity contribution in [3.8, 4) is 0 Å². The largest absolute Gasteiger partial charge is 0.343 e. The molecular formula is C8H9N5OS2. The van der Waals surface area contributed by atoms with E-state index in [1.165, 1.54) is 11.5 Å². The van der Waals surface area contributed by atoms with Gasteiger partial charge in [0.1, 0.15) is 4.88 Å². The van der Waals surface area contributed by atoms with Crippen LogP contribution >= 0.6 is 23.1 Å². The zero-order valence-electron chi connectivity index (χ0n) is 8.67. The van der Waals surface area contributed by atoms with Crippen molar-refractivity contribution in [2.45, 2.75) is 19.9 Å². The summed E-state index contributed by atoms with van der Waals surface area (Å²) in [5.74, 6) is -0.173. The molecule has 0 saturated carbocycles. The lowest BCUT2D eigenvalue weighted by atomic mass is 10.2. The number of amides is 1. The number of aryl methyl sites for hydroxylation is 1. The summed E-state index contributed by atoms with van der Waals surface area (Å²) in [5.41, 5.74) is 1.40. The maximum atomic E-state index is 11.8. The van der Waals surface area contributed by atoms with Gasteiger partial charge in [0.25, 0.3) is 5.91 Å². The molecule has 2 aromatic heterocycles. The fraction of sp³-hybridized carbons (Fsp3) is 0.375. The summed E-state index contributed by atoms with van der Waals surface area (Å²) in [7, 11) is 0. The Balaban J connectivity index is 2.06. The molecule has 1 unspecified atom stereocenters. The number of rotatable bonds is 3. The van der Waals surface area contributed by atoms with Crippen molar-refractivity contribution in [1.82, 2.24) is 24.5 Å². The first-order valence-corrected chi connectivity index (χ1v) is 6.16. The van der Waals surface area contributed by atoms with Gasteiger partial charge >= 0.3 is 0 Å². The lowest BCUT2D eigenvalue weighted by Crippen LogP contribution is -2.26. The van der Waals surface area contributed by atoms with Crippen LogP contribution in [0.15, 0.2) is 5.38 Å². The Bertz CT molecular complexity index is 480. The van der Waals surface area contributed by atoms with Crippen molar-refractivity contribution >= 4 is 29.0 Å². The second-order valence-corrected chi connectivity index (χ2v) is 4.58. The molecule has 2 rings (SSSR count). The third-order valence-electron chi connectivity index (χ3n) is 2.03. The smallest absolute Gasteiger partial charge is 0.265 e. The van der Waals surface area contributed by atoms with Gasteiger partial charge in [-0.25, -0.2) is 0 Å². The van der Waals surface area contributed by atoms with E-state index in [2.05, 4.69) is 24.5 Å². The van der Waals surface area contributed by atoms with E-state index in [0.29, 0.717) is 10.6 Å². The van der Waals surface area contributed by atoms with Gasteiger partial charge in [-0.3, -0.25) is 4.79 Å². The van der Waals surface area contributed by atoms with E-state index in [-0.39, 0.29) is 11.9 Å². The van der Waals surface area contributed by atoms with Crippen LogP contribution in [0.4, 0.5) is 0 Å². The summed E-state index contributed by atoms with van der Waals surface area (Å²) in [5, 5.41) is 12.3. The topological polar surface area (TPSA) is 80.7 Å². The highest BCUT2D eigenvalue weighted by molar-refractivity contribution is 7.08. The second kappa shape index (κ2) is 4.62. The minimum Gasteiger partial charge on any atom is -0.343 e. The van der Waals surface area contributed by atoms with Crippen LogP contribution in [0, 0.1) is 6.92 Å². The van der Waals surface area contributed by atoms with Crippen molar-refractivity contribution in [1.29, 1.82) is 0 Å². The highest BCUT2D eigenvalue weighted by Crippen LogP contribution is 2.13. The van der Waals surface area contributed by atoms with Crippen molar-refractivity contribution in [3.63, 3.8) is 0 Å². The van der Waals surface area contributed by atoms with Crippen molar-refractivity contribution in [2.24, 2.45) is 0 Å². The number of carbonyl (C=O) groups excluding carboxylic acids is 1. The van der Waals surface area contributed by atoms with Gasteiger partial charge in [-0.15, -0.1) is 10.2 Å². The number of hydrogen-bond donors (Lipinski definition) is 1. The standard InChI is InChI=1S/C8H9N5OS2/c1-4(6-3-15-12-11-6)9-8(14)7-5(2)10-13-16-7/h3-4H,1-2H3,(H,9,14). The van der Waals surface area contributed by atoms with E-state index in [0.717, 1.165) is 17.2 Å². The van der Waals surface area contributed by atoms with E-state index < -0.39 is 0 Å². The average molecular weight is 255 g/mol. The van der Waals surface area contributed by atoms with Crippen molar-refractivity contribution in [3.05, 3.63) is 21.6 Å². The summed E-state index contributed by atoms with van der Waals surface area (Å²) in [4.78, 5) is 12.3. The molecular weight excluding hydrogens is 246 g/mol. The Morgan fingerprint density at radius 1 is 1.44 bits per heavy atom. The molecule has 1 amide bonds. The molecule has 2 heterocycles. The minimum atomic E-state index is -0.173. The van der Waals surface area contributed by atoms with Crippen LogP contribution in [-0.4, -0.2) is 25.1 Å². The van der Waals surface area contributed by atoms with E-state index in [9.17, 15) is 4.79 Å². The van der Waals surface area contributed by atoms with Crippen LogP contribution in [0.25, 0.3) is 0 Å². The quantitative estimate of drug-likeness (QED) is 0.891. The molecule has 6 nitrogen and oxygen atoms in total. The molecule has 0 aromatic carbocycles. The first-order chi connectivity index (χ1) is 7.68. The van der Waals surface area contributed by atoms with Crippen LogP contribution in [0.3, 0.4) is 0 Å². The first kappa shape index (κ1) is 11.1. The van der Waals surface area contributed by atoms with Crippen LogP contribution < -0.4 is 5.32 Å². The highest BCUT2D eigenvalue weighted by Gasteiger charge is 2.17.